The van der Waals surface area contributed by atoms with Gasteiger partial charge < -0.3 is 5.11 Å². The minimum Gasteiger partial charge on any atom is -0.478 e. The van der Waals surface area contributed by atoms with E-state index in [-0.39, 0.29) is 5.56 Å². The number of carbonyl (C=O) groups is 1. The van der Waals surface area contributed by atoms with Gasteiger partial charge in [0.05, 0.1) is 11.1 Å². The molecule has 98 valence electrons. The Morgan fingerprint density at radius 2 is 1.90 bits per heavy atom. The lowest BCUT2D eigenvalue weighted by Gasteiger charge is -2.09. The fourth-order valence-electron chi connectivity index (χ4n) is 2.26. The van der Waals surface area contributed by atoms with Crippen molar-refractivity contribution in [3.05, 3.63) is 66.1 Å². The summed E-state index contributed by atoms with van der Waals surface area (Å²) in [6.45, 7) is 0. The van der Waals surface area contributed by atoms with E-state index in [0.717, 1.165) is 17.0 Å². The van der Waals surface area contributed by atoms with Crippen LogP contribution in [0, 0.1) is 5.82 Å². The molecule has 0 saturated heterocycles. The second kappa shape index (κ2) is 4.74. The Hall–Kier alpha value is -2.75. The summed E-state index contributed by atoms with van der Waals surface area (Å²) < 4.78 is 13.5. The number of aromatic nitrogens is 1. The van der Waals surface area contributed by atoms with E-state index >= 15 is 0 Å². The predicted octanol–water partition coefficient (Wildman–Crippen LogP) is 3.74. The van der Waals surface area contributed by atoms with E-state index in [1.807, 2.05) is 12.1 Å². The summed E-state index contributed by atoms with van der Waals surface area (Å²) in [4.78, 5) is 15.5. The van der Waals surface area contributed by atoms with E-state index in [2.05, 4.69) is 4.98 Å². The van der Waals surface area contributed by atoms with Crippen molar-refractivity contribution in [2.75, 3.05) is 0 Å². The van der Waals surface area contributed by atoms with Crippen LogP contribution in [0.25, 0.3) is 22.0 Å². The van der Waals surface area contributed by atoms with E-state index in [4.69, 9.17) is 0 Å². The Kier molecular flexibility index (Phi) is 2.91. The van der Waals surface area contributed by atoms with Crippen LogP contribution in [0.15, 0.2) is 54.7 Å². The lowest BCUT2D eigenvalue weighted by Crippen LogP contribution is -2.00. The van der Waals surface area contributed by atoms with E-state index < -0.39 is 11.8 Å². The summed E-state index contributed by atoms with van der Waals surface area (Å²) in [5.74, 6) is -1.55. The van der Waals surface area contributed by atoms with Crippen LogP contribution in [0.1, 0.15) is 10.4 Å². The van der Waals surface area contributed by atoms with Gasteiger partial charge in [-0.25, -0.2) is 9.18 Å². The molecule has 3 rings (SSSR count). The molecule has 3 aromatic rings. The minimum atomic E-state index is -1.08. The highest BCUT2D eigenvalue weighted by Crippen LogP contribution is 2.30. The molecule has 0 bridgehead atoms. The molecule has 0 aliphatic carbocycles. The Morgan fingerprint density at radius 1 is 1.05 bits per heavy atom. The zero-order valence-electron chi connectivity index (χ0n) is 10.4. The van der Waals surface area contributed by atoms with E-state index in [0.29, 0.717) is 11.1 Å². The van der Waals surface area contributed by atoms with Crippen LogP contribution in [0.3, 0.4) is 0 Å². The second-order valence-corrected chi connectivity index (χ2v) is 4.37. The molecule has 2 aromatic carbocycles. The number of hydrogen-bond donors (Lipinski definition) is 1. The van der Waals surface area contributed by atoms with Crippen molar-refractivity contribution in [1.29, 1.82) is 0 Å². The highest BCUT2D eigenvalue weighted by atomic mass is 19.1. The van der Waals surface area contributed by atoms with Crippen molar-refractivity contribution in [2.24, 2.45) is 0 Å². The molecule has 0 radical (unpaired) electrons. The summed E-state index contributed by atoms with van der Waals surface area (Å²) in [7, 11) is 0. The second-order valence-electron chi connectivity index (χ2n) is 4.37. The molecule has 1 aromatic heterocycles. The van der Waals surface area contributed by atoms with Gasteiger partial charge in [0.15, 0.2) is 0 Å². The standard InChI is InChI=1S/C16H10FNO2/c17-10-6-7-13(16(19)20)14(9-10)11-3-1-5-15-12(11)4-2-8-18-15/h1-9H,(H,19,20). The number of carboxylic acids is 1. The van der Waals surface area contributed by atoms with E-state index in [9.17, 15) is 14.3 Å². The Balaban J connectivity index is 2.36. The van der Waals surface area contributed by atoms with Gasteiger partial charge in [-0.15, -0.1) is 0 Å². The number of nitrogens with zero attached hydrogens (tertiary/aromatic N) is 1. The number of hydrogen-bond acceptors (Lipinski definition) is 2. The molecular formula is C16H10FNO2. The summed E-state index contributed by atoms with van der Waals surface area (Å²) in [6, 6.07) is 12.7. The SMILES string of the molecule is O=C(O)c1ccc(F)cc1-c1cccc2ncccc12. The molecule has 0 unspecified atom stereocenters. The number of rotatable bonds is 2. The van der Waals surface area contributed by atoms with Gasteiger partial charge in [-0.05, 0) is 41.5 Å². The van der Waals surface area contributed by atoms with Gasteiger partial charge in [0.1, 0.15) is 5.82 Å². The van der Waals surface area contributed by atoms with Gasteiger partial charge in [0.25, 0.3) is 0 Å². The van der Waals surface area contributed by atoms with Crippen molar-refractivity contribution < 1.29 is 14.3 Å². The molecule has 0 saturated carbocycles. The maximum absolute atomic E-state index is 13.5. The number of aromatic carboxylic acids is 1. The molecule has 0 amide bonds. The largest absolute Gasteiger partial charge is 0.478 e. The summed E-state index contributed by atoms with van der Waals surface area (Å²) >= 11 is 0. The molecule has 0 atom stereocenters. The zero-order chi connectivity index (χ0) is 14.1. The predicted molar refractivity (Wildman–Crippen MR) is 74.1 cm³/mol. The zero-order valence-corrected chi connectivity index (χ0v) is 10.4. The van der Waals surface area contributed by atoms with Crippen LogP contribution >= 0.6 is 0 Å². The Bertz CT molecular complexity index is 809. The van der Waals surface area contributed by atoms with Gasteiger partial charge >= 0.3 is 5.97 Å². The molecule has 0 aliphatic rings. The number of pyridine rings is 1. The monoisotopic (exact) mass is 267 g/mol. The van der Waals surface area contributed by atoms with Crippen molar-refractivity contribution >= 4 is 16.9 Å². The van der Waals surface area contributed by atoms with Crippen LogP contribution in [-0.4, -0.2) is 16.1 Å². The van der Waals surface area contributed by atoms with Gasteiger partial charge in [0.2, 0.25) is 0 Å². The first kappa shape index (κ1) is 12.3. The molecule has 0 aliphatic heterocycles. The summed E-state index contributed by atoms with van der Waals surface area (Å²) in [6.07, 6.45) is 1.66. The average Bonchev–Trinajstić information content (AvgIpc) is 2.46. The first-order valence-electron chi connectivity index (χ1n) is 6.04. The van der Waals surface area contributed by atoms with Crippen molar-refractivity contribution in [1.82, 2.24) is 4.98 Å². The van der Waals surface area contributed by atoms with Gasteiger partial charge in [-0.1, -0.05) is 18.2 Å². The van der Waals surface area contributed by atoms with E-state index in [1.54, 1.807) is 24.4 Å². The van der Waals surface area contributed by atoms with Crippen LogP contribution in [0.2, 0.25) is 0 Å². The Labute approximate surface area is 114 Å². The van der Waals surface area contributed by atoms with Gasteiger partial charge in [-0.2, -0.15) is 0 Å². The fourth-order valence-corrected chi connectivity index (χ4v) is 2.26. The van der Waals surface area contributed by atoms with Crippen LogP contribution in [0.4, 0.5) is 4.39 Å². The number of benzene rings is 2. The topological polar surface area (TPSA) is 50.2 Å². The number of carboxylic acid groups (broad SMARTS) is 1. The highest BCUT2D eigenvalue weighted by Gasteiger charge is 2.14. The van der Waals surface area contributed by atoms with Crippen molar-refractivity contribution in [2.45, 2.75) is 0 Å². The summed E-state index contributed by atoms with van der Waals surface area (Å²) in [5, 5.41) is 10.0. The van der Waals surface area contributed by atoms with Gasteiger partial charge in [0, 0.05) is 11.6 Å². The molecule has 0 fully saturated rings. The van der Waals surface area contributed by atoms with Crippen LogP contribution in [-0.2, 0) is 0 Å². The van der Waals surface area contributed by atoms with E-state index in [1.165, 1.54) is 12.1 Å². The van der Waals surface area contributed by atoms with Gasteiger partial charge in [-0.3, -0.25) is 4.98 Å². The average molecular weight is 267 g/mol. The van der Waals surface area contributed by atoms with Crippen molar-refractivity contribution in [3.63, 3.8) is 0 Å². The lowest BCUT2D eigenvalue weighted by atomic mass is 9.96. The quantitative estimate of drug-likeness (QED) is 0.769. The maximum atomic E-state index is 13.5. The highest BCUT2D eigenvalue weighted by molar-refractivity contribution is 6.02. The summed E-state index contributed by atoms with van der Waals surface area (Å²) in [5.41, 5.74) is 1.83. The Morgan fingerprint density at radius 3 is 2.70 bits per heavy atom. The van der Waals surface area contributed by atoms with Crippen molar-refractivity contribution in [3.8, 4) is 11.1 Å². The lowest BCUT2D eigenvalue weighted by molar-refractivity contribution is 0.0697. The first-order chi connectivity index (χ1) is 9.66. The molecule has 1 N–H and O–H groups in total. The molecule has 20 heavy (non-hydrogen) atoms. The normalized spacial score (nSPS) is 10.7. The molecule has 4 heteroatoms. The van der Waals surface area contributed by atoms with Crippen LogP contribution < -0.4 is 0 Å². The fraction of sp³-hybridized carbons (Fsp3) is 0. The number of fused-ring (bicyclic) bond motifs is 1. The molecule has 3 nitrogen and oxygen atoms in total. The minimum absolute atomic E-state index is 0.0720. The third-order valence-electron chi connectivity index (χ3n) is 3.15. The maximum Gasteiger partial charge on any atom is 0.336 e. The molecule has 0 spiro atoms. The third kappa shape index (κ3) is 2.01. The third-order valence-corrected chi connectivity index (χ3v) is 3.15. The molecular weight excluding hydrogens is 257 g/mol. The molecule has 1 heterocycles. The van der Waals surface area contributed by atoms with Crippen LogP contribution in [0.5, 0.6) is 0 Å². The number of halogens is 1. The smallest absolute Gasteiger partial charge is 0.336 e. The first-order valence-corrected chi connectivity index (χ1v) is 6.04.